The molecule has 2 heterocycles. The van der Waals surface area contributed by atoms with Crippen LogP contribution in [0.15, 0.2) is 57.9 Å². The largest absolute Gasteiger partial charge is 0.573 e. The molecule has 3 aromatic rings. The number of nitrogens with zero attached hydrogens (tertiary/aromatic N) is 1. The molecular formula is C30H34F3NO6. The highest BCUT2D eigenvalue weighted by molar-refractivity contribution is 5.86. The quantitative estimate of drug-likeness (QED) is 0.108. The van der Waals surface area contributed by atoms with E-state index in [2.05, 4.69) is 16.3 Å². The van der Waals surface area contributed by atoms with Crippen LogP contribution < -0.4 is 15.1 Å². The van der Waals surface area contributed by atoms with Crippen molar-refractivity contribution < 1.29 is 36.6 Å². The fourth-order valence-corrected chi connectivity index (χ4v) is 4.07. The molecule has 7 nitrogen and oxygen atoms in total. The number of alkyl halides is 3. The minimum Gasteiger partial charge on any atom is -0.478 e. The number of rotatable bonds is 15. The van der Waals surface area contributed by atoms with E-state index >= 15 is 0 Å². The van der Waals surface area contributed by atoms with Gasteiger partial charge in [0.1, 0.15) is 5.75 Å². The summed E-state index contributed by atoms with van der Waals surface area (Å²) in [6, 6.07) is 7.45. The molecule has 10 heteroatoms. The number of carbonyl (C=O) groups excluding carboxylic acids is 1. The maximum atomic E-state index is 12.9. The summed E-state index contributed by atoms with van der Waals surface area (Å²) in [6.07, 6.45) is 3.76. The smallest absolute Gasteiger partial charge is 0.478 e. The molecule has 0 radical (unpaired) electrons. The zero-order valence-corrected chi connectivity index (χ0v) is 22.8. The number of aryl methyl sites for hydroxylation is 1. The zero-order valence-electron chi connectivity index (χ0n) is 22.8. The second-order valence-corrected chi connectivity index (χ2v) is 9.47. The van der Waals surface area contributed by atoms with E-state index in [4.69, 9.17) is 13.9 Å². The monoisotopic (exact) mass is 561 g/mol. The van der Waals surface area contributed by atoms with Gasteiger partial charge in [0, 0.05) is 17.0 Å². The van der Waals surface area contributed by atoms with Gasteiger partial charge in [-0.15, -0.1) is 13.2 Å². The van der Waals surface area contributed by atoms with E-state index < -0.39 is 12.0 Å². The first-order chi connectivity index (χ1) is 19.1. The van der Waals surface area contributed by atoms with Gasteiger partial charge in [-0.2, -0.15) is 0 Å². The Kier molecular flexibility index (Phi) is 11.2. The van der Waals surface area contributed by atoms with Gasteiger partial charge in [0.2, 0.25) is 5.88 Å². The highest BCUT2D eigenvalue weighted by Crippen LogP contribution is 2.32. The Balaban J connectivity index is 1.51. The van der Waals surface area contributed by atoms with Crippen molar-refractivity contribution >= 4 is 16.9 Å². The van der Waals surface area contributed by atoms with Gasteiger partial charge in [0.05, 0.1) is 25.0 Å². The first-order valence-corrected chi connectivity index (χ1v) is 13.4. The lowest BCUT2D eigenvalue weighted by molar-refractivity contribution is -0.274. The number of carbonyl (C=O) groups is 1. The van der Waals surface area contributed by atoms with Gasteiger partial charge in [-0.25, -0.2) is 14.6 Å². The van der Waals surface area contributed by atoms with Crippen molar-refractivity contribution in [3.05, 3.63) is 64.7 Å². The van der Waals surface area contributed by atoms with Crippen LogP contribution >= 0.6 is 0 Å². The summed E-state index contributed by atoms with van der Waals surface area (Å²) in [5, 5.41) is 0.534. The number of halogens is 3. The van der Waals surface area contributed by atoms with Crippen LogP contribution in [0, 0.1) is 0 Å². The molecule has 0 bridgehead atoms. The number of ether oxygens (including phenoxy) is 3. The molecule has 0 aliphatic heterocycles. The number of hydrogen-bond donors (Lipinski definition) is 0. The highest BCUT2D eigenvalue weighted by Gasteiger charge is 2.32. The molecule has 0 fully saturated rings. The molecule has 0 unspecified atom stereocenters. The predicted octanol–water partition coefficient (Wildman–Crippen LogP) is 7.54. The third-order valence-electron chi connectivity index (χ3n) is 6.20. The Labute approximate surface area is 231 Å². The minimum absolute atomic E-state index is 0.105. The van der Waals surface area contributed by atoms with Crippen molar-refractivity contribution in [1.29, 1.82) is 0 Å². The molecule has 0 aliphatic rings. The molecule has 1 aromatic carbocycles. The molecule has 0 N–H and O–H groups in total. The average molecular weight is 562 g/mol. The van der Waals surface area contributed by atoms with Crippen LogP contribution in [0.3, 0.4) is 0 Å². The van der Waals surface area contributed by atoms with Crippen molar-refractivity contribution in [2.24, 2.45) is 0 Å². The molecule has 0 aliphatic carbocycles. The van der Waals surface area contributed by atoms with Crippen LogP contribution in [0.1, 0.15) is 64.4 Å². The molecule has 0 spiro atoms. The van der Waals surface area contributed by atoms with Gasteiger partial charge in [0.15, 0.2) is 5.58 Å². The fraction of sp³-hybridized carbons (Fsp3) is 0.433. The number of hydrogen-bond acceptors (Lipinski definition) is 7. The summed E-state index contributed by atoms with van der Waals surface area (Å²) < 4.78 is 59.0. The average Bonchev–Trinajstić information content (AvgIpc) is 2.90. The standard InChI is InChI=1S/C30H34F3NO6/c1-4-21-12-13-22(17-25(21)40-30(31,32)33)24-16-23-18-27(34-19-26(23)39-29(24)36)37-14-10-8-6-5-7-9-11-15-38-28(35)20(2)3/h12-13,16-19H,2,4-11,14-15H2,1,3H3. The molecule has 0 amide bonds. The van der Waals surface area contributed by atoms with Crippen LogP contribution in [0.2, 0.25) is 0 Å². The van der Waals surface area contributed by atoms with E-state index in [0.29, 0.717) is 42.0 Å². The van der Waals surface area contributed by atoms with Crippen LogP contribution in [-0.2, 0) is 16.0 Å². The van der Waals surface area contributed by atoms with Crippen molar-refractivity contribution in [1.82, 2.24) is 4.98 Å². The molecule has 40 heavy (non-hydrogen) atoms. The lowest BCUT2D eigenvalue weighted by Crippen LogP contribution is -2.18. The summed E-state index contributed by atoms with van der Waals surface area (Å²) >= 11 is 0. The van der Waals surface area contributed by atoms with Crippen molar-refractivity contribution in [3.63, 3.8) is 0 Å². The van der Waals surface area contributed by atoms with Crippen LogP contribution in [0.25, 0.3) is 22.1 Å². The van der Waals surface area contributed by atoms with E-state index in [1.54, 1.807) is 32.0 Å². The predicted molar refractivity (Wildman–Crippen MR) is 145 cm³/mol. The lowest BCUT2D eigenvalue weighted by atomic mass is 10.0. The van der Waals surface area contributed by atoms with Gasteiger partial charge in [0.25, 0.3) is 0 Å². The van der Waals surface area contributed by atoms with E-state index in [0.717, 1.165) is 44.9 Å². The van der Waals surface area contributed by atoms with Crippen LogP contribution in [0.5, 0.6) is 11.6 Å². The summed E-state index contributed by atoms with van der Waals surface area (Å²) in [7, 11) is 0. The van der Waals surface area contributed by atoms with E-state index in [-0.39, 0.29) is 28.4 Å². The number of pyridine rings is 1. The summed E-state index contributed by atoms with van der Waals surface area (Å²) in [6.45, 7) is 7.78. The maximum Gasteiger partial charge on any atom is 0.573 e. The molecule has 0 saturated carbocycles. The molecule has 216 valence electrons. The topological polar surface area (TPSA) is 87.9 Å². The van der Waals surface area contributed by atoms with Crippen molar-refractivity contribution in [3.8, 4) is 22.8 Å². The van der Waals surface area contributed by atoms with Crippen LogP contribution in [0.4, 0.5) is 13.2 Å². The normalized spacial score (nSPS) is 11.4. The minimum atomic E-state index is -4.85. The van der Waals surface area contributed by atoms with Crippen LogP contribution in [-0.4, -0.2) is 30.5 Å². The molecule has 2 aromatic heterocycles. The summed E-state index contributed by atoms with van der Waals surface area (Å²) in [5.74, 6) is -0.338. The lowest BCUT2D eigenvalue weighted by Gasteiger charge is -2.14. The van der Waals surface area contributed by atoms with Gasteiger partial charge in [-0.3, -0.25) is 0 Å². The van der Waals surface area contributed by atoms with E-state index in [1.165, 1.54) is 18.3 Å². The first-order valence-electron chi connectivity index (χ1n) is 13.4. The fourth-order valence-electron chi connectivity index (χ4n) is 4.07. The number of unbranched alkanes of at least 4 members (excludes halogenated alkanes) is 6. The number of benzene rings is 1. The zero-order chi connectivity index (χ0) is 29.1. The number of aromatic nitrogens is 1. The number of fused-ring (bicyclic) bond motifs is 1. The molecular weight excluding hydrogens is 527 g/mol. The van der Waals surface area contributed by atoms with E-state index in [9.17, 15) is 22.8 Å². The molecule has 0 saturated heterocycles. The Bertz CT molecular complexity index is 1370. The SMILES string of the molecule is C=C(C)C(=O)OCCCCCCCCCOc1cc2cc(-c3ccc(CC)c(OC(F)(F)F)c3)c(=O)oc2cn1. The van der Waals surface area contributed by atoms with Gasteiger partial charge >= 0.3 is 18.0 Å². The Hall–Kier alpha value is -3.82. The Morgan fingerprint density at radius 2 is 1.68 bits per heavy atom. The van der Waals surface area contributed by atoms with Crippen molar-refractivity contribution in [2.75, 3.05) is 13.2 Å². The first kappa shape index (κ1) is 30.7. The third kappa shape index (κ3) is 9.43. The van der Waals surface area contributed by atoms with Gasteiger partial charge in [-0.05, 0) is 49.4 Å². The maximum absolute atomic E-state index is 12.9. The molecule has 3 rings (SSSR count). The summed E-state index contributed by atoms with van der Waals surface area (Å²) in [4.78, 5) is 28.1. The van der Waals surface area contributed by atoms with Crippen molar-refractivity contribution in [2.45, 2.75) is 71.6 Å². The van der Waals surface area contributed by atoms with Gasteiger partial charge in [-0.1, -0.05) is 57.7 Å². The Morgan fingerprint density at radius 3 is 2.33 bits per heavy atom. The van der Waals surface area contributed by atoms with E-state index in [1.807, 2.05) is 0 Å². The number of esters is 1. The molecule has 0 atom stereocenters. The highest BCUT2D eigenvalue weighted by atomic mass is 19.4. The second kappa shape index (κ2) is 14.5. The second-order valence-electron chi connectivity index (χ2n) is 9.47. The van der Waals surface area contributed by atoms with Gasteiger partial charge < -0.3 is 18.6 Å². The third-order valence-corrected chi connectivity index (χ3v) is 6.20. The summed E-state index contributed by atoms with van der Waals surface area (Å²) in [5.41, 5.74) is 0.679. The Morgan fingerprint density at radius 1 is 1.00 bits per heavy atom.